The summed E-state index contributed by atoms with van der Waals surface area (Å²) in [5.74, 6) is 0.349. The molecule has 1 aliphatic heterocycles. The van der Waals surface area contributed by atoms with Crippen LogP contribution in [0.4, 0.5) is 22.2 Å². The standard InChI is InChI=1S/C17H19N9O3/c1-23-6-8-24(9-7-23)17-22-26(29)14-10-12(2-3-13(14)25(17)28)20-16(27)21-15-11-18-4-5-19-15/h2-5,10-11H,6-9H2,1H3,(H2,19,20,21,27). The zero-order chi connectivity index (χ0) is 20.4. The van der Waals surface area contributed by atoms with Gasteiger partial charge in [-0.25, -0.2) is 14.5 Å². The second-order valence-corrected chi connectivity index (χ2v) is 6.63. The zero-order valence-corrected chi connectivity index (χ0v) is 15.6. The lowest BCUT2D eigenvalue weighted by molar-refractivity contribution is -0.673. The lowest BCUT2D eigenvalue weighted by atomic mass is 10.2. The summed E-state index contributed by atoms with van der Waals surface area (Å²) in [4.78, 5) is 24.2. The fraction of sp³-hybridized carbons (Fsp3) is 0.294. The van der Waals surface area contributed by atoms with Gasteiger partial charge in [-0.3, -0.25) is 15.2 Å². The highest BCUT2D eigenvalue weighted by molar-refractivity contribution is 5.99. The Balaban J connectivity index is 1.57. The first-order valence-corrected chi connectivity index (χ1v) is 8.96. The van der Waals surface area contributed by atoms with E-state index in [1.165, 1.54) is 30.7 Å². The maximum absolute atomic E-state index is 12.8. The smallest absolute Gasteiger partial charge is 0.463 e. The molecule has 0 spiro atoms. The summed E-state index contributed by atoms with van der Waals surface area (Å²) in [7, 11) is 2.00. The molecule has 1 aliphatic rings. The number of likely N-dealkylation sites (N-methyl/N-ethyl adjacent to an activating group) is 1. The molecule has 150 valence electrons. The Morgan fingerprint density at radius 2 is 1.90 bits per heavy atom. The molecule has 0 radical (unpaired) electrons. The molecule has 29 heavy (non-hydrogen) atoms. The SMILES string of the molecule is CN1CCN(c2n[n+]([O-])c3cc(NC(=O)Nc4cnccn4)ccc3[n+]2[O-])CC1. The second kappa shape index (κ2) is 7.67. The molecular weight excluding hydrogens is 378 g/mol. The molecule has 1 aromatic carbocycles. The molecule has 2 amide bonds. The normalized spacial score (nSPS) is 14.7. The van der Waals surface area contributed by atoms with Crippen LogP contribution in [0.1, 0.15) is 0 Å². The average Bonchev–Trinajstić information content (AvgIpc) is 2.72. The highest BCUT2D eigenvalue weighted by Gasteiger charge is 2.29. The van der Waals surface area contributed by atoms with Crippen LogP contribution in [0.5, 0.6) is 0 Å². The van der Waals surface area contributed by atoms with E-state index in [0.717, 1.165) is 13.1 Å². The van der Waals surface area contributed by atoms with Crippen molar-refractivity contribution in [2.45, 2.75) is 0 Å². The number of fused-ring (bicyclic) bond motifs is 1. The van der Waals surface area contributed by atoms with Crippen LogP contribution in [-0.4, -0.2) is 59.2 Å². The first-order chi connectivity index (χ1) is 14.0. The number of amides is 2. The molecule has 0 bridgehead atoms. The number of rotatable bonds is 3. The van der Waals surface area contributed by atoms with Gasteiger partial charge in [-0.05, 0) is 19.2 Å². The summed E-state index contributed by atoms with van der Waals surface area (Å²) >= 11 is 0. The number of benzene rings is 1. The Kier molecular flexibility index (Phi) is 4.91. The molecule has 0 atom stereocenters. The summed E-state index contributed by atoms with van der Waals surface area (Å²) in [5.41, 5.74) is 0.552. The van der Waals surface area contributed by atoms with Gasteiger partial charge in [0.25, 0.3) is 0 Å². The van der Waals surface area contributed by atoms with Crippen LogP contribution in [0.3, 0.4) is 0 Å². The number of aromatic nitrogens is 5. The van der Waals surface area contributed by atoms with Crippen molar-refractivity contribution in [3.8, 4) is 0 Å². The molecule has 0 unspecified atom stereocenters. The first-order valence-electron chi connectivity index (χ1n) is 8.96. The molecule has 3 aromatic rings. The molecule has 2 aromatic heterocycles. The van der Waals surface area contributed by atoms with Gasteiger partial charge in [0.15, 0.2) is 11.3 Å². The molecule has 12 heteroatoms. The summed E-state index contributed by atoms with van der Waals surface area (Å²) in [6.45, 7) is 2.78. The van der Waals surface area contributed by atoms with Gasteiger partial charge in [0, 0.05) is 42.1 Å². The molecule has 1 fully saturated rings. The van der Waals surface area contributed by atoms with E-state index >= 15 is 0 Å². The number of hydrogen-bond donors (Lipinski definition) is 2. The summed E-state index contributed by atoms with van der Waals surface area (Å²) < 4.78 is 0.651. The van der Waals surface area contributed by atoms with E-state index in [1.807, 2.05) is 7.05 Å². The number of carbonyl (C=O) groups excluding carboxylic acids is 1. The Bertz CT molecular complexity index is 1040. The van der Waals surface area contributed by atoms with Gasteiger partial charge >= 0.3 is 17.5 Å². The van der Waals surface area contributed by atoms with Crippen molar-refractivity contribution in [1.29, 1.82) is 0 Å². The third-order valence-corrected chi connectivity index (χ3v) is 4.61. The highest BCUT2D eigenvalue weighted by Crippen LogP contribution is 2.16. The van der Waals surface area contributed by atoms with Crippen molar-refractivity contribution in [2.24, 2.45) is 0 Å². The molecule has 0 saturated carbocycles. The maximum atomic E-state index is 12.8. The van der Waals surface area contributed by atoms with Gasteiger partial charge in [-0.2, -0.15) is 0 Å². The van der Waals surface area contributed by atoms with E-state index < -0.39 is 6.03 Å². The van der Waals surface area contributed by atoms with E-state index in [9.17, 15) is 15.2 Å². The van der Waals surface area contributed by atoms with E-state index in [0.29, 0.717) is 28.4 Å². The van der Waals surface area contributed by atoms with Crippen molar-refractivity contribution < 1.29 is 14.4 Å². The topological polar surface area (TPSA) is 140 Å². The molecule has 2 N–H and O–H groups in total. The van der Waals surface area contributed by atoms with Crippen LogP contribution in [0, 0.1) is 10.4 Å². The molecule has 1 saturated heterocycles. The fourth-order valence-electron chi connectivity index (χ4n) is 3.05. The highest BCUT2D eigenvalue weighted by atomic mass is 16.5. The van der Waals surface area contributed by atoms with Crippen LogP contribution in [-0.2, 0) is 0 Å². The number of carbonyl (C=O) groups is 1. The quantitative estimate of drug-likeness (QED) is 0.453. The predicted octanol–water partition coefficient (Wildman–Crippen LogP) is -0.313. The van der Waals surface area contributed by atoms with Crippen LogP contribution >= 0.6 is 0 Å². The van der Waals surface area contributed by atoms with Gasteiger partial charge in [-0.15, -0.1) is 0 Å². The summed E-state index contributed by atoms with van der Waals surface area (Å²) in [6.07, 6.45) is 4.33. The number of nitrogens with zero attached hydrogens (tertiary/aromatic N) is 7. The average molecular weight is 397 g/mol. The van der Waals surface area contributed by atoms with Gasteiger partial charge in [-0.1, -0.05) is 0 Å². The van der Waals surface area contributed by atoms with E-state index in [2.05, 4.69) is 30.6 Å². The number of nitrogens with one attached hydrogen (secondary N) is 2. The predicted molar refractivity (Wildman–Crippen MR) is 104 cm³/mol. The monoisotopic (exact) mass is 397 g/mol. The lowest BCUT2D eigenvalue weighted by Gasteiger charge is -2.28. The van der Waals surface area contributed by atoms with Gasteiger partial charge < -0.3 is 20.6 Å². The van der Waals surface area contributed by atoms with Gasteiger partial charge in [0.1, 0.15) is 0 Å². The second-order valence-electron chi connectivity index (χ2n) is 6.63. The van der Waals surface area contributed by atoms with Crippen molar-refractivity contribution >= 4 is 34.5 Å². The molecule has 12 nitrogen and oxygen atoms in total. The molecule has 0 aliphatic carbocycles. The van der Waals surface area contributed by atoms with Crippen LogP contribution in [0.2, 0.25) is 0 Å². The van der Waals surface area contributed by atoms with Crippen LogP contribution in [0.15, 0.2) is 36.8 Å². The lowest BCUT2D eigenvalue weighted by Crippen LogP contribution is -2.53. The third kappa shape index (κ3) is 3.91. The number of urea groups is 1. The van der Waals surface area contributed by atoms with Gasteiger partial charge in [0.05, 0.1) is 19.3 Å². The Hall–Kier alpha value is -3.80. The Morgan fingerprint density at radius 1 is 1.10 bits per heavy atom. The minimum Gasteiger partial charge on any atom is -0.739 e. The molecule has 4 rings (SSSR count). The van der Waals surface area contributed by atoms with Crippen molar-refractivity contribution in [1.82, 2.24) is 20.0 Å². The fourth-order valence-corrected chi connectivity index (χ4v) is 3.05. The van der Waals surface area contributed by atoms with E-state index in [-0.39, 0.29) is 22.8 Å². The Morgan fingerprint density at radius 3 is 2.62 bits per heavy atom. The summed E-state index contributed by atoms with van der Waals surface area (Å²) in [5, 5.41) is 34.2. The largest absolute Gasteiger partial charge is 0.739 e. The maximum Gasteiger partial charge on any atom is 0.463 e. The third-order valence-electron chi connectivity index (χ3n) is 4.61. The Labute approximate surface area is 165 Å². The first kappa shape index (κ1) is 18.6. The number of hydrogen-bond acceptors (Lipinski definition) is 8. The molecular formula is C17H19N9O3. The van der Waals surface area contributed by atoms with Crippen molar-refractivity contribution in [3.63, 3.8) is 0 Å². The number of anilines is 3. The molecule has 3 heterocycles. The minimum absolute atomic E-state index is 0.0511. The van der Waals surface area contributed by atoms with Crippen LogP contribution < -0.4 is 25.1 Å². The zero-order valence-electron chi connectivity index (χ0n) is 15.6. The van der Waals surface area contributed by atoms with Crippen LogP contribution in [0.25, 0.3) is 11.0 Å². The minimum atomic E-state index is -0.556. The van der Waals surface area contributed by atoms with Gasteiger partial charge in [0.2, 0.25) is 5.10 Å². The van der Waals surface area contributed by atoms with E-state index in [1.54, 1.807) is 11.0 Å². The van der Waals surface area contributed by atoms with Crippen molar-refractivity contribution in [3.05, 3.63) is 47.2 Å². The summed E-state index contributed by atoms with van der Waals surface area (Å²) in [6, 6.07) is 3.86. The number of piperazine rings is 1. The van der Waals surface area contributed by atoms with E-state index in [4.69, 9.17) is 0 Å². The van der Waals surface area contributed by atoms with Crippen molar-refractivity contribution in [2.75, 3.05) is 48.8 Å².